The molecule has 0 radical (unpaired) electrons. The minimum atomic E-state index is -0.114. The lowest BCUT2D eigenvalue weighted by Crippen LogP contribution is -2.19. The van der Waals surface area contributed by atoms with E-state index in [1.54, 1.807) is 0 Å². The Morgan fingerprint density at radius 1 is 0.769 bits per heavy atom. The monoisotopic (exact) mass is 356 g/mol. The zero-order valence-corrected chi connectivity index (χ0v) is 14.7. The summed E-state index contributed by atoms with van der Waals surface area (Å²) in [4.78, 5) is 17.3. The van der Waals surface area contributed by atoms with Gasteiger partial charge in [-0.2, -0.15) is 0 Å². The van der Waals surface area contributed by atoms with Crippen LogP contribution < -0.4 is 5.32 Å². The van der Waals surface area contributed by atoms with Crippen molar-refractivity contribution in [2.45, 2.75) is 0 Å². The molecule has 0 unspecified atom stereocenters. The molecule has 1 fully saturated rings. The molecule has 3 aromatic carbocycles. The van der Waals surface area contributed by atoms with Gasteiger partial charge in [-0.3, -0.25) is 4.79 Å². The maximum Gasteiger partial charge on any atom is 0.264 e. The van der Waals surface area contributed by atoms with Gasteiger partial charge in [-0.25, -0.2) is 4.99 Å². The van der Waals surface area contributed by atoms with Crippen LogP contribution in [0.3, 0.4) is 0 Å². The largest absolute Gasteiger partial charge is 0.300 e. The third kappa shape index (κ3) is 3.76. The Hall–Kier alpha value is -3.11. The number of amides is 1. The highest BCUT2D eigenvalue weighted by Gasteiger charge is 2.23. The molecule has 1 aliphatic heterocycles. The van der Waals surface area contributed by atoms with Gasteiger partial charge in [-0.05, 0) is 46.7 Å². The van der Waals surface area contributed by atoms with E-state index >= 15 is 0 Å². The molecule has 0 bridgehead atoms. The molecule has 26 heavy (non-hydrogen) atoms. The van der Waals surface area contributed by atoms with Crippen LogP contribution >= 0.6 is 11.8 Å². The first-order valence-electron chi connectivity index (χ1n) is 8.28. The van der Waals surface area contributed by atoms with Gasteiger partial charge in [0.1, 0.15) is 0 Å². The average Bonchev–Trinajstić information content (AvgIpc) is 3.03. The number of benzene rings is 3. The van der Waals surface area contributed by atoms with Crippen LogP contribution in [0.25, 0.3) is 17.2 Å². The third-order valence-electron chi connectivity index (χ3n) is 3.95. The topological polar surface area (TPSA) is 41.5 Å². The normalized spacial score (nSPS) is 16.8. The summed E-state index contributed by atoms with van der Waals surface area (Å²) in [6, 6.07) is 28.0. The summed E-state index contributed by atoms with van der Waals surface area (Å²) in [6.45, 7) is 0. The number of thioether (sulfide) groups is 1. The van der Waals surface area contributed by atoms with Gasteiger partial charge < -0.3 is 5.32 Å². The van der Waals surface area contributed by atoms with E-state index in [2.05, 4.69) is 34.6 Å². The second-order valence-electron chi connectivity index (χ2n) is 5.81. The number of amidine groups is 1. The highest BCUT2D eigenvalue weighted by molar-refractivity contribution is 8.18. The van der Waals surface area contributed by atoms with Crippen LogP contribution in [-0.2, 0) is 4.79 Å². The fraction of sp³-hybridized carbons (Fsp3) is 0. The van der Waals surface area contributed by atoms with Crippen LogP contribution in [0.15, 0.2) is 94.8 Å². The zero-order valence-electron chi connectivity index (χ0n) is 13.9. The van der Waals surface area contributed by atoms with Gasteiger partial charge in [0.05, 0.1) is 10.6 Å². The Morgan fingerprint density at radius 3 is 2.08 bits per heavy atom. The molecular weight excluding hydrogens is 340 g/mol. The minimum absolute atomic E-state index is 0.114. The SMILES string of the molecule is O=C1NC(=Nc2ccccc2)SC1=Cc1ccc(-c2ccccc2)cc1. The first-order valence-corrected chi connectivity index (χ1v) is 9.10. The van der Waals surface area contributed by atoms with Gasteiger partial charge in [0.2, 0.25) is 0 Å². The van der Waals surface area contributed by atoms with E-state index in [4.69, 9.17) is 0 Å². The number of nitrogens with zero attached hydrogens (tertiary/aromatic N) is 1. The van der Waals surface area contributed by atoms with Crippen molar-refractivity contribution in [1.29, 1.82) is 0 Å². The molecule has 0 atom stereocenters. The van der Waals surface area contributed by atoms with Crippen molar-refractivity contribution in [3.8, 4) is 11.1 Å². The summed E-state index contributed by atoms with van der Waals surface area (Å²) >= 11 is 1.36. The molecule has 4 heteroatoms. The van der Waals surface area contributed by atoms with E-state index in [9.17, 15) is 4.79 Å². The summed E-state index contributed by atoms with van der Waals surface area (Å²) in [6.07, 6.45) is 1.89. The van der Waals surface area contributed by atoms with Crippen LogP contribution in [0, 0.1) is 0 Å². The van der Waals surface area contributed by atoms with Gasteiger partial charge in [0, 0.05) is 0 Å². The molecule has 4 rings (SSSR count). The zero-order chi connectivity index (χ0) is 17.8. The summed E-state index contributed by atoms with van der Waals surface area (Å²) in [5.41, 5.74) is 4.15. The van der Waals surface area contributed by atoms with Gasteiger partial charge >= 0.3 is 0 Å². The molecule has 0 aliphatic carbocycles. The van der Waals surface area contributed by atoms with Gasteiger partial charge in [0.25, 0.3) is 5.91 Å². The van der Waals surface area contributed by atoms with Crippen LogP contribution in [-0.4, -0.2) is 11.1 Å². The number of aliphatic imine (C=N–C) groups is 1. The summed E-state index contributed by atoms with van der Waals surface area (Å²) in [7, 11) is 0. The van der Waals surface area contributed by atoms with E-state index in [0.29, 0.717) is 10.1 Å². The fourth-order valence-electron chi connectivity index (χ4n) is 2.65. The molecular formula is C22H16N2OS. The first kappa shape index (κ1) is 16.4. The lowest BCUT2D eigenvalue weighted by molar-refractivity contribution is -0.115. The first-order chi connectivity index (χ1) is 12.8. The molecule has 0 spiro atoms. The Bertz CT molecular complexity index is 978. The third-order valence-corrected chi connectivity index (χ3v) is 4.86. The number of rotatable bonds is 3. The lowest BCUT2D eigenvalue weighted by Gasteiger charge is -2.02. The molecule has 3 nitrogen and oxygen atoms in total. The molecule has 1 N–H and O–H groups in total. The van der Waals surface area contributed by atoms with Crippen molar-refractivity contribution >= 4 is 34.6 Å². The maximum atomic E-state index is 12.2. The van der Waals surface area contributed by atoms with Crippen molar-refractivity contribution in [3.63, 3.8) is 0 Å². The van der Waals surface area contributed by atoms with E-state index in [1.807, 2.05) is 66.7 Å². The Kier molecular flexibility index (Phi) is 4.67. The molecule has 0 saturated carbocycles. The number of carbonyl (C=O) groups is 1. The molecule has 3 aromatic rings. The van der Waals surface area contributed by atoms with Crippen LogP contribution in [0.4, 0.5) is 5.69 Å². The predicted octanol–water partition coefficient (Wildman–Crippen LogP) is 5.25. The minimum Gasteiger partial charge on any atom is -0.300 e. The standard InChI is InChI=1S/C22H16N2OS/c25-21-20(26-22(24-21)23-19-9-5-2-6-10-19)15-16-11-13-18(14-12-16)17-7-3-1-4-8-17/h1-15H,(H,23,24,25). The van der Waals surface area contributed by atoms with Gasteiger partial charge in [-0.15, -0.1) is 0 Å². The molecule has 1 amide bonds. The smallest absolute Gasteiger partial charge is 0.264 e. The number of hydrogen-bond acceptors (Lipinski definition) is 3. The average molecular weight is 356 g/mol. The van der Waals surface area contributed by atoms with Crippen molar-refractivity contribution in [1.82, 2.24) is 5.32 Å². The van der Waals surface area contributed by atoms with Gasteiger partial charge in [-0.1, -0.05) is 72.8 Å². The van der Waals surface area contributed by atoms with E-state index < -0.39 is 0 Å². The fourth-order valence-corrected chi connectivity index (χ4v) is 3.50. The number of nitrogens with one attached hydrogen (secondary N) is 1. The lowest BCUT2D eigenvalue weighted by atomic mass is 10.0. The molecule has 126 valence electrons. The number of hydrogen-bond donors (Lipinski definition) is 1. The highest BCUT2D eigenvalue weighted by Crippen LogP contribution is 2.28. The van der Waals surface area contributed by atoms with E-state index in [0.717, 1.165) is 16.8 Å². The second-order valence-corrected chi connectivity index (χ2v) is 6.84. The summed E-state index contributed by atoms with van der Waals surface area (Å²) in [5, 5.41) is 3.42. The Balaban J connectivity index is 1.53. The molecule has 1 aliphatic rings. The summed E-state index contributed by atoms with van der Waals surface area (Å²) in [5.74, 6) is -0.114. The van der Waals surface area contributed by atoms with Crippen LogP contribution in [0.2, 0.25) is 0 Å². The quantitative estimate of drug-likeness (QED) is 0.652. The molecule has 1 heterocycles. The van der Waals surface area contributed by atoms with Crippen molar-refractivity contribution in [2.24, 2.45) is 4.99 Å². The Labute approximate surface area is 156 Å². The predicted molar refractivity (Wildman–Crippen MR) is 109 cm³/mol. The van der Waals surface area contributed by atoms with Crippen LogP contribution in [0.1, 0.15) is 5.56 Å². The van der Waals surface area contributed by atoms with E-state index in [1.165, 1.54) is 17.3 Å². The van der Waals surface area contributed by atoms with Gasteiger partial charge in [0.15, 0.2) is 5.17 Å². The van der Waals surface area contributed by atoms with E-state index in [-0.39, 0.29) is 5.91 Å². The van der Waals surface area contributed by atoms with Crippen molar-refractivity contribution in [3.05, 3.63) is 95.4 Å². The van der Waals surface area contributed by atoms with Crippen molar-refractivity contribution in [2.75, 3.05) is 0 Å². The molecule has 1 saturated heterocycles. The Morgan fingerprint density at radius 2 is 1.38 bits per heavy atom. The maximum absolute atomic E-state index is 12.2. The van der Waals surface area contributed by atoms with Crippen LogP contribution in [0.5, 0.6) is 0 Å². The van der Waals surface area contributed by atoms with Crippen molar-refractivity contribution < 1.29 is 4.79 Å². The highest BCUT2D eigenvalue weighted by atomic mass is 32.2. The number of para-hydroxylation sites is 1. The number of carbonyl (C=O) groups excluding carboxylic acids is 1. The molecule has 0 aromatic heterocycles. The second kappa shape index (κ2) is 7.42. The summed E-state index contributed by atoms with van der Waals surface area (Å²) < 4.78 is 0.